The molecule has 0 amide bonds. The van der Waals surface area contributed by atoms with Gasteiger partial charge in [-0.05, 0) is 40.8 Å². The molecule has 0 atom stereocenters. The van der Waals surface area contributed by atoms with E-state index in [4.69, 9.17) is 0 Å². The molecule has 1 aromatic rings. The fourth-order valence-electron chi connectivity index (χ4n) is 1.78. The van der Waals surface area contributed by atoms with Gasteiger partial charge < -0.3 is 10.6 Å². The van der Waals surface area contributed by atoms with Crippen molar-refractivity contribution >= 4 is 33.2 Å². The molecule has 17 heavy (non-hydrogen) atoms. The van der Waals surface area contributed by atoms with Gasteiger partial charge in [-0.2, -0.15) is 0 Å². The molecule has 0 unspecified atom stereocenters. The highest BCUT2D eigenvalue weighted by Crippen LogP contribution is 2.25. The SMILES string of the molecule is CN=C(NCc1cc(Br)cs1)NCC1CCC1. The maximum atomic E-state index is 4.23. The van der Waals surface area contributed by atoms with Crippen LogP contribution in [0.25, 0.3) is 0 Å². The largest absolute Gasteiger partial charge is 0.356 e. The number of rotatable bonds is 4. The first-order valence-corrected chi connectivity index (χ1v) is 7.62. The molecular formula is C12H18BrN3S. The molecule has 0 spiro atoms. The van der Waals surface area contributed by atoms with E-state index in [2.05, 4.69) is 43.0 Å². The molecule has 1 heterocycles. The van der Waals surface area contributed by atoms with Gasteiger partial charge in [-0.25, -0.2) is 0 Å². The fourth-order valence-corrected chi connectivity index (χ4v) is 3.17. The molecular weight excluding hydrogens is 298 g/mol. The number of halogens is 1. The highest BCUT2D eigenvalue weighted by atomic mass is 79.9. The second-order valence-corrected chi connectivity index (χ2v) is 6.25. The molecule has 1 saturated carbocycles. The van der Waals surface area contributed by atoms with Crippen LogP contribution in [0.1, 0.15) is 24.1 Å². The molecule has 5 heteroatoms. The second kappa shape index (κ2) is 6.40. The zero-order valence-electron chi connectivity index (χ0n) is 10.0. The number of hydrogen-bond donors (Lipinski definition) is 2. The van der Waals surface area contributed by atoms with Crippen molar-refractivity contribution in [3.05, 3.63) is 20.8 Å². The third-order valence-corrected chi connectivity index (χ3v) is 4.76. The zero-order chi connectivity index (χ0) is 12.1. The van der Waals surface area contributed by atoms with Crippen molar-refractivity contribution in [3.63, 3.8) is 0 Å². The highest BCUT2D eigenvalue weighted by molar-refractivity contribution is 9.10. The monoisotopic (exact) mass is 315 g/mol. The van der Waals surface area contributed by atoms with Crippen molar-refractivity contribution in [1.29, 1.82) is 0 Å². The Morgan fingerprint density at radius 1 is 1.53 bits per heavy atom. The highest BCUT2D eigenvalue weighted by Gasteiger charge is 2.17. The maximum absolute atomic E-state index is 4.23. The lowest BCUT2D eigenvalue weighted by Crippen LogP contribution is -2.40. The molecule has 0 aliphatic heterocycles. The van der Waals surface area contributed by atoms with Crippen LogP contribution < -0.4 is 10.6 Å². The standard InChI is InChI=1S/C12H18BrN3S/c1-14-12(15-6-9-3-2-4-9)16-7-11-5-10(13)8-17-11/h5,8-9H,2-4,6-7H2,1H3,(H2,14,15,16). The molecule has 0 radical (unpaired) electrons. The molecule has 0 bridgehead atoms. The summed E-state index contributed by atoms with van der Waals surface area (Å²) in [5, 5.41) is 8.81. The minimum Gasteiger partial charge on any atom is -0.356 e. The van der Waals surface area contributed by atoms with Crippen LogP contribution >= 0.6 is 27.3 Å². The van der Waals surface area contributed by atoms with Gasteiger partial charge in [0.25, 0.3) is 0 Å². The Bertz CT molecular complexity index is 385. The summed E-state index contributed by atoms with van der Waals surface area (Å²) in [6.45, 7) is 1.88. The number of aliphatic imine (C=N–C) groups is 1. The van der Waals surface area contributed by atoms with Gasteiger partial charge in [-0.15, -0.1) is 11.3 Å². The lowest BCUT2D eigenvalue weighted by Gasteiger charge is -2.26. The van der Waals surface area contributed by atoms with Crippen LogP contribution in [0.5, 0.6) is 0 Å². The molecule has 94 valence electrons. The summed E-state index contributed by atoms with van der Waals surface area (Å²) in [5.41, 5.74) is 0. The average molecular weight is 316 g/mol. The Labute approximate surface area is 115 Å². The van der Waals surface area contributed by atoms with Gasteiger partial charge in [-0.1, -0.05) is 6.42 Å². The Kier molecular flexibility index (Phi) is 4.86. The van der Waals surface area contributed by atoms with E-state index in [1.807, 2.05) is 7.05 Å². The van der Waals surface area contributed by atoms with Crippen molar-refractivity contribution in [3.8, 4) is 0 Å². The topological polar surface area (TPSA) is 36.4 Å². The Morgan fingerprint density at radius 3 is 2.88 bits per heavy atom. The summed E-state index contributed by atoms with van der Waals surface area (Å²) in [6.07, 6.45) is 4.12. The summed E-state index contributed by atoms with van der Waals surface area (Å²) in [7, 11) is 1.82. The van der Waals surface area contributed by atoms with E-state index in [0.717, 1.165) is 29.4 Å². The van der Waals surface area contributed by atoms with Gasteiger partial charge in [0.2, 0.25) is 0 Å². The summed E-state index contributed by atoms with van der Waals surface area (Å²) in [4.78, 5) is 5.54. The lowest BCUT2D eigenvalue weighted by molar-refractivity contribution is 0.314. The Balaban J connectivity index is 1.71. The molecule has 1 aliphatic carbocycles. The molecule has 1 fully saturated rings. The first-order chi connectivity index (χ1) is 8.28. The first-order valence-electron chi connectivity index (χ1n) is 5.95. The predicted molar refractivity (Wildman–Crippen MR) is 77.6 cm³/mol. The van der Waals surface area contributed by atoms with Crippen LogP contribution in [0.3, 0.4) is 0 Å². The van der Waals surface area contributed by atoms with Crippen LogP contribution in [0.15, 0.2) is 20.9 Å². The number of nitrogens with zero attached hydrogens (tertiary/aromatic N) is 1. The van der Waals surface area contributed by atoms with Crippen LogP contribution in [-0.4, -0.2) is 19.6 Å². The Morgan fingerprint density at radius 2 is 2.35 bits per heavy atom. The molecule has 3 nitrogen and oxygen atoms in total. The summed E-state index contributed by atoms with van der Waals surface area (Å²) in [5.74, 6) is 1.76. The van der Waals surface area contributed by atoms with Gasteiger partial charge in [0.1, 0.15) is 0 Å². The van der Waals surface area contributed by atoms with E-state index in [-0.39, 0.29) is 0 Å². The van der Waals surface area contributed by atoms with Gasteiger partial charge in [-0.3, -0.25) is 4.99 Å². The number of guanidine groups is 1. The fraction of sp³-hybridized carbons (Fsp3) is 0.583. The minimum atomic E-state index is 0.834. The average Bonchev–Trinajstić information content (AvgIpc) is 2.67. The van der Waals surface area contributed by atoms with E-state index in [0.29, 0.717) is 0 Å². The normalized spacial score (nSPS) is 16.7. The van der Waals surface area contributed by atoms with Crippen molar-refractivity contribution < 1.29 is 0 Å². The van der Waals surface area contributed by atoms with Crippen molar-refractivity contribution in [1.82, 2.24) is 10.6 Å². The first kappa shape index (κ1) is 12.9. The van der Waals surface area contributed by atoms with Crippen LogP contribution in [0.2, 0.25) is 0 Å². The van der Waals surface area contributed by atoms with Gasteiger partial charge in [0.05, 0.1) is 6.54 Å². The minimum absolute atomic E-state index is 0.834. The second-order valence-electron chi connectivity index (χ2n) is 4.33. The molecule has 1 aromatic heterocycles. The smallest absolute Gasteiger partial charge is 0.191 e. The number of thiophene rings is 1. The maximum Gasteiger partial charge on any atom is 0.191 e. The van der Waals surface area contributed by atoms with Crippen molar-refractivity contribution in [2.45, 2.75) is 25.8 Å². The van der Waals surface area contributed by atoms with E-state index < -0.39 is 0 Å². The van der Waals surface area contributed by atoms with Crippen molar-refractivity contribution in [2.75, 3.05) is 13.6 Å². The van der Waals surface area contributed by atoms with E-state index >= 15 is 0 Å². The van der Waals surface area contributed by atoms with Crippen molar-refractivity contribution in [2.24, 2.45) is 10.9 Å². The molecule has 0 aromatic carbocycles. The third-order valence-electron chi connectivity index (χ3n) is 3.06. The van der Waals surface area contributed by atoms with E-state index in [1.54, 1.807) is 11.3 Å². The summed E-state index contributed by atoms with van der Waals surface area (Å²) >= 11 is 5.21. The number of hydrogen-bond acceptors (Lipinski definition) is 2. The third kappa shape index (κ3) is 4.00. The summed E-state index contributed by atoms with van der Waals surface area (Å²) < 4.78 is 1.15. The van der Waals surface area contributed by atoms with Gasteiger partial charge in [0, 0.05) is 28.3 Å². The van der Waals surface area contributed by atoms with Gasteiger partial charge >= 0.3 is 0 Å². The van der Waals surface area contributed by atoms with Crippen LogP contribution in [0.4, 0.5) is 0 Å². The summed E-state index contributed by atoms with van der Waals surface area (Å²) in [6, 6.07) is 2.14. The molecule has 1 aliphatic rings. The van der Waals surface area contributed by atoms with Crippen LogP contribution in [0, 0.1) is 5.92 Å². The molecule has 2 N–H and O–H groups in total. The zero-order valence-corrected chi connectivity index (χ0v) is 12.4. The lowest BCUT2D eigenvalue weighted by atomic mass is 9.85. The molecule has 2 rings (SSSR count). The van der Waals surface area contributed by atoms with E-state index in [9.17, 15) is 0 Å². The van der Waals surface area contributed by atoms with Gasteiger partial charge in [0.15, 0.2) is 5.96 Å². The number of nitrogens with one attached hydrogen (secondary N) is 2. The van der Waals surface area contributed by atoms with Crippen LogP contribution in [-0.2, 0) is 6.54 Å². The van der Waals surface area contributed by atoms with E-state index in [1.165, 1.54) is 24.1 Å². The quantitative estimate of drug-likeness (QED) is 0.662. The molecule has 0 saturated heterocycles. The predicted octanol–water partition coefficient (Wildman–Crippen LogP) is 2.98. The Hall–Kier alpha value is -0.550.